The summed E-state index contributed by atoms with van der Waals surface area (Å²) in [6, 6.07) is 17.7. The first-order valence-electron chi connectivity index (χ1n) is 9.88. The van der Waals surface area contributed by atoms with Crippen LogP contribution < -0.4 is 10.1 Å². The van der Waals surface area contributed by atoms with Gasteiger partial charge >= 0.3 is 0 Å². The van der Waals surface area contributed by atoms with E-state index in [0.717, 1.165) is 24.5 Å². The molecule has 1 amide bonds. The summed E-state index contributed by atoms with van der Waals surface area (Å²) in [5.41, 5.74) is 4.52. The molecule has 29 heavy (non-hydrogen) atoms. The minimum atomic E-state index is -0.0795. The molecule has 1 N–H and O–H groups in total. The molecule has 1 aromatic heterocycles. The molecule has 2 aromatic carbocycles. The molecule has 0 spiro atoms. The highest BCUT2D eigenvalue weighted by molar-refractivity contribution is 7.07. The Balaban J connectivity index is 1.59. The lowest BCUT2D eigenvalue weighted by atomic mass is 10.0. The van der Waals surface area contributed by atoms with Crippen molar-refractivity contribution in [3.63, 3.8) is 0 Å². The van der Waals surface area contributed by atoms with Crippen molar-refractivity contribution >= 4 is 17.2 Å². The van der Waals surface area contributed by atoms with Crippen LogP contribution >= 0.6 is 11.3 Å². The number of carbonyl (C=O) groups is 1. The van der Waals surface area contributed by atoms with Gasteiger partial charge in [0, 0.05) is 17.5 Å². The van der Waals surface area contributed by atoms with Gasteiger partial charge in [-0.05, 0) is 42.9 Å². The molecule has 1 atom stereocenters. The molecule has 0 aliphatic carbocycles. The van der Waals surface area contributed by atoms with Gasteiger partial charge in [0.15, 0.2) is 0 Å². The van der Waals surface area contributed by atoms with Crippen molar-refractivity contribution in [3.05, 3.63) is 82.3 Å². The minimum absolute atomic E-state index is 0.0795. The summed E-state index contributed by atoms with van der Waals surface area (Å²) in [7, 11) is 0. The number of nitrogens with one attached hydrogen (secondary N) is 1. The number of amides is 1. The molecule has 1 heterocycles. The molecule has 3 rings (SSSR count). The number of nitrogens with zero attached hydrogens (tertiary/aromatic N) is 2. The topological polar surface area (TPSA) is 54.5 Å². The number of hydrogen-bond acceptors (Lipinski definition) is 5. The van der Waals surface area contributed by atoms with E-state index in [4.69, 9.17) is 4.74 Å². The van der Waals surface area contributed by atoms with Crippen LogP contribution in [-0.4, -0.2) is 35.4 Å². The van der Waals surface area contributed by atoms with Gasteiger partial charge in [-0.3, -0.25) is 9.69 Å². The summed E-state index contributed by atoms with van der Waals surface area (Å²) in [5.74, 6) is 0.643. The van der Waals surface area contributed by atoms with Gasteiger partial charge in [-0.25, -0.2) is 4.98 Å². The number of benzene rings is 2. The fraction of sp³-hybridized carbons (Fsp3) is 0.304. The Morgan fingerprint density at radius 2 is 1.83 bits per heavy atom. The smallest absolute Gasteiger partial charge is 0.251 e. The molecule has 0 aliphatic rings. The van der Waals surface area contributed by atoms with Crippen molar-refractivity contribution < 1.29 is 9.53 Å². The lowest BCUT2D eigenvalue weighted by molar-refractivity contribution is 0.0935. The van der Waals surface area contributed by atoms with E-state index >= 15 is 0 Å². The molecule has 152 valence electrons. The molecule has 0 aliphatic heterocycles. The van der Waals surface area contributed by atoms with Crippen LogP contribution in [0.5, 0.6) is 5.75 Å². The van der Waals surface area contributed by atoms with Crippen molar-refractivity contribution in [1.29, 1.82) is 0 Å². The quantitative estimate of drug-likeness (QED) is 0.534. The number of hydrogen-bond donors (Lipinski definition) is 1. The predicted octanol–water partition coefficient (Wildman–Crippen LogP) is 4.54. The monoisotopic (exact) mass is 409 g/mol. The number of likely N-dealkylation sites (N-methyl/N-ethyl adjacent to an activating group) is 1. The van der Waals surface area contributed by atoms with E-state index in [9.17, 15) is 4.79 Å². The van der Waals surface area contributed by atoms with Gasteiger partial charge in [-0.15, -0.1) is 11.3 Å². The lowest BCUT2D eigenvalue weighted by Crippen LogP contribution is -2.38. The molecule has 0 saturated carbocycles. The Kier molecular flexibility index (Phi) is 7.78. The summed E-state index contributed by atoms with van der Waals surface area (Å²) in [5, 5.41) is 5.05. The summed E-state index contributed by atoms with van der Waals surface area (Å²) in [6.45, 7) is 7.13. The molecule has 6 heteroatoms. The molecular weight excluding hydrogens is 382 g/mol. The largest absolute Gasteiger partial charge is 0.487 e. The van der Waals surface area contributed by atoms with E-state index in [1.165, 1.54) is 5.56 Å². The molecule has 3 aromatic rings. The second-order valence-corrected chi connectivity index (χ2v) is 7.37. The number of thiazole rings is 1. The highest BCUT2D eigenvalue weighted by atomic mass is 32.1. The first-order chi connectivity index (χ1) is 14.2. The Labute approximate surface area is 176 Å². The fourth-order valence-electron chi connectivity index (χ4n) is 3.26. The van der Waals surface area contributed by atoms with E-state index in [-0.39, 0.29) is 11.9 Å². The van der Waals surface area contributed by atoms with Crippen molar-refractivity contribution in [3.8, 4) is 5.75 Å². The van der Waals surface area contributed by atoms with E-state index in [0.29, 0.717) is 18.7 Å². The number of ether oxygens (including phenoxy) is 1. The molecule has 0 fully saturated rings. The highest BCUT2D eigenvalue weighted by Crippen LogP contribution is 2.20. The first kappa shape index (κ1) is 21.0. The van der Waals surface area contributed by atoms with Crippen LogP contribution in [0.4, 0.5) is 0 Å². The maximum atomic E-state index is 12.7. The SMILES string of the molecule is CCN(CC)C(CNC(=O)c1ccc(OCc2cscn2)cc1)c1ccccc1. The Bertz CT molecular complexity index is 863. The van der Waals surface area contributed by atoms with Crippen LogP contribution in [0.1, 0.15) is 41.5 Å². The number of carbonyl (C=O) groups excluding carboxylic acids is 1. The van der Waals surface area contributed by atoms with Crippen molar-refractivity contribution in [2.75, 3.05) is 19.6 Å². The van der Waals surface area contributed by atoms with E-state index < -0.39 is 0 Å². The van der Waals surface area contributed by atoms with E-state index in [1.54, 1.807) is 29.0 Å². The van der Waals surface area contributed by atoms with Gasteiger partial charge < -0.3 is 10.1 Å². The normalized spacial score (nSPS) is 12.0. The Morgan fingerprint density at radius 3 is 2.45 bits per heavy atom. The van der Waals surface area contributed by atoms with Crippen LogP contribution in [0.25, 0.3) is 0 Å². The van der Waals surface area contributed by atoms with Gasteiger partial charge in [0.25, 0.3) is 5.91 Å². The molecular formula is C23H27N3O2S. The zero-order valence-electron chi connectivity index (χ0n) is 16.9. The third-order valence-corrected chi connectivity index (χ3v) is 5.52. The fourth-order valence-corrected chi connectivity index (χ4v) is 3.80. The molecule has 5 nitrogen and oxygen atoms in total. The third kappa shape index (κ3) is 5.89. The molecule has 0 radical (unpaired) electrons. The third-order valence-electron chi connectivity index (χ3n) is 4.88. The zero-order valence-corrected chi connectivity index (χ0v) is 17.7. The van der Waals surface area contributed by atoms with E-state index in [2.05, 4.69) is 41.2 Å². The Morgan fingerprint density at radius 1 is 1.10 bits per heavy atom. The van der Waals surface area contributed by atoms with Gasteiger partial charge in [-0.1, -0.05) is 44.2 Å². The first-order valence-corrected chi connectivity index (χ1v) is 10.8. The highest BCUT2D eigenvalue weighted by Gasteiger charge is 2.19. The molecule has 0 saturated heterocycles. The van der Waals surface area contributed by atoms with Crippen molar-refractivity contribution in [1.82, 2.24) is 15.2 Å². The average molecular weight is 410 g/mol. The molecule has 1 unspecified atom stereocenters. The molecule has 0 bridgehead atoms. The van der Waals surface area contributed by atoms with Crippen LogP contribution in [-0.2, 0) is 6.61 Å². The predicted molar refractivity (Wildman–Crippen MR) is 117 cm³/mol. The van der Waals surface area contributed by atoms with Gasteiger partial charge in [0.2, 0.25) is 0 Å². The second-order valence-electron chi connectivity index (χ2n) is 6.65. The van der Waals surface area contributed by atoms with Gasteiger partial charge in [0.05, 0.1) is 17.2 Å². The van der Waals surface area contributed by atoms with Crippen molar-refractivity contribution in [2.24, 2.45) is 0 Å². The van der Waals surface area contributed by atoms with Crippen molar-refractivity contribution in [2.45, 2.75) is 26.5 Å². The maximum absolute atomic E-state index is 12.7. The summed E-state index contributed by atoms with van der Waals surface area (Å²) < 4.78 is 5.71. The number of rotatable bonds is 10. The van der Waals surface area contributed by atoms with Gasteiger partial charge in [0.1, 0.15) is 12.4 Å². The lowest BCUT2D eigenvalue weighted by Gasteiger charge is -2.30. The summed E-state index contributed by atoms with van der Waals surface area (Å²) in [4.78, 5) is 19.2. The maximum Gasteiger partial charge on any atom is 0.251 e. The van der Waals surface area contributed by atoms with E-state index in [1.807, 2.05) is 35.7 Å². The minimum Gasteiger partial charge on any atom is -0.487 e. The zero-order chi connectivity index (χ0) is 20.5. The van der Waals surface area contributed by atoms with Gasteiger partial charge in [-0.2, -0.15) is 0 Å². The Hall–Kier alpha value is -2.70. The summed E-state index contributed by atoms with van der Waals surface area (Å²) in [6.07, 6.45) is 0. The van der Waals surface area contributed by atoms with Crippen LogP contribution in [0.15, 0.2) is 65.5 Å². The van der Waals surface area contributed by atoms with Crippen LogP contribution in [0.2, 0.25) is 0 Å². The second kappa shape index (κ2) is 10.7. The van der Waals surface area contributed by atoms with Crippen LogP contribution in [0.3, 0.4) is 0 Å². The number of aromatic nitrogens is 1. The summed E-state index contributed by atoms with van der Waals surface area (Å²) >= 11 is 1.54. The standard InChI is InChI=1S/C23H27N3O2S/c1-3-26(4-2)22(18-8-6-5-7-9-18)14-24-23(27)19-10-12-21(13-11-19)28-15-20-16-29-17-25-20/h5-13,16-17,22H,3-4,14-15H2,1-2H3,(H,24,27). The van der Waals surface area contributed by atoms with Crippen LogP contribution in [0, 0.1) is 0 Å². The average Bonchev–Trinajstić information content (AvgIpc) is 3.30.